The van der Waals surface area contributed by atoms with Gasteiger partial charge in [0.2, 0.25) is 0 Å². The monoisotopic (exact) mass is 321 g/mol. The quantitative estimate of drug-likeness (QED) is 0.880. The standard InChI is InChI=1S/C16H17BrFN/c1-11-9-14(18)7-8-15(11)16(19-2)10-12-3-5-13(17)6-4-12/h3-9,16,19H,10H2,1-2H3. The van der Waals surface area contributed by atoms with Crippen LogP contribution in [0, 0.1) is 12.7 Å². The van der Waals surface area contributed by atoms with E-state index in [1.54, 1.807) is 6.07 Å². The van der Waals surface area contributed by atoms with Gasteiger partial charge in [-0.2, -0.15) is 0 Å². The maximum atomic E-state index is 13.2. The Kier molecular flexibility index (Phi) is 4.72. The van der Waals surface area contributed by atoms with E-state index in [-0.39, 0.29) is 11.9 Å². The van der Waals surface area contributed by atoms with E-state index in [2.05, 4.69) is 33.4 Å². The van der Waals surface area contributed by atoms with Gasteiger partial charge in [0, 0.05) is 10.5 Å². The average molecular weight is 322 g/mol. The molecule has 0 saturated carbocycles. The molecule has 1 N–H and O–H groups in total. The highest BCUT2D eigenvalue weighted by Crippen LogP contribution is 2.23. The minimum absolute atomic E-state index is 0.181. The molecule has 0 saturated heterocycles. The van der Waals surface area contributed by atoms with Crippen molar-refractivity contribution in [1.82, 2.24) is 5.32 Å². The van der Waals surface area contributed by atoms with Crippen molar-refractivity contribution >= 4 is 15.9 Å². The normalized spacial score (nSPS) is 12.4. The van der Waals surface area contributed by atoms with Gasteiger partial charge >= 0.3 is 0 Å². The molecule has 1 nitrogen and oxygen atoms in total. The molecule has 0 heterocycles. The van der Waals surface area contributed by atoms with E-state index in [0.29, 0.717) is 0 Å². The number of benzene rings is 2. The summed E-state index contributed by atoms with van der Waals surface area (Å²) in [5.74, 6) is -0.181. The minimum atomic E-state index is -0.181. The molecular formula is C16H17BrFN. The van der Waals surface area contributed by atoms with Gasteiger partial charge in [0.05, 0.1) is 0 Å². The van der Waals surface area contributed by atoms with Crippen molar-refractivity contribution < 1.29 is 4.39 Å². The highest BCUT2D eigenvalue weighted by molar-refractivity contribution is 9.10. The van der Waals surface area contributed by atoms with Crippen molar-refractivity contribution in [3.8, 4) is 0 Å². The Morgan fingerprint density at radius 2 is 1.84 bits per heavy atom. The lowest BCUT2D eigenvalue weighted by atomic mass is 9.95. The first-order valence-corrected chi connectivity index (χ1v) is 7.07. The van der Waals surface area contributed by atoms with Crippen LogP contribution in [0.2, 0.25) is 0 Å². The summed E-state index contributed by atoms with van der Waals surface area (Å²) in [5, 5.41) is 3.31. The molecule has 0 aliphatic heterocycles. The molecule has 0 fully saturated rings. The molecule has 0 aliphatic carbocycles. The van der Waals surface area contributed by atoms with E-state index in [1.807, 2.05) is 32.2 Å². The van der Waals surface area contributed by atoms with Crippen LogP contribution in [-0.2, 0) is 6.42 Å². The van der Waals surface area contributed by atoms with Gasteiger partial charge in [0.15, 0.2) is 0 Å². The molecule has 0 aromatic heterocycles. The number of nitrogens with one attached hydrogen (secondary N) is 1. The lowest BCUT2D eigenvalue weighted by Gasteiger charge is -2.19. The van der Waals surface area contributed by atoms with Gasteiger partial charge < -0.3 is 5.32 Å². The van der Waals surface area contributed by atoms with E-state index < -0.39 is 0 Å². The van der Waals surface area contributed by atoms with Crippen LogP contribution in [0.5, 0.6) is 0 Å². The van der Waals surface area contributed by atoms with Crippen LogP contribution in [0.15, 0.2) is 46.9 Å². The molecule has 0 bridgehead atoms. The molecule has 0 aliphatic rings. The Balaban J connectivity index is 2.22. The van der Waals surface area contributed by atoms with Crippen LogP contribution >= 0.6 is 15.9 Å². The molecule has 2 aromatic carbocycles. The van der Waals surface area contributed by atoms with Gasteiger partial charge in [-0.3, -0.25) is 0 Å². The summed E-state index contributed by atoms with van der Waals surface area (Å²) < 4.78 is 14.2. The van der Waals surface area contributed by atoms with Crippen molar-refractivity contribution in [2.45, 2.75) is 19.4 Å². The molecule has 0 spiro atoms. The summed E-state index contributed by atoms with van der Waals surface area (Å²) in [6, 6.07) is 13.5. The SMILES string of the molecule is CNC(Cc1ccc(Br)cc1)c1ccc(F)cc1C. The number of rotatable bonds is 4. The third-order valence-electron chi connectivity index (χ3n) is 3.31. The zero-order valence-electron chi connectivity index (χ0n) is 11.1. The van der Waals surface area contributed by atoms with Crippen LogP contribution in [0.1, 0.15) is 22.7 Å². The first-order valence-electron chi connectivity index (χ1n) is 6.28. The van der Waals surface area contributed by atoms with Gasteiger partial charge in [-0.25, -0.2) is 4.39 Å². The van der Waals surface area contributed by atoms with Gasteiger partial charge in [-0.05, 0) is 61.3 Å². The Morgan fingerprint density at radius 1 is 1.16 bits per heavy atom. The summed E-state index contributed by atoms with van der Waals surface area (Å²) >= 11 is 3.44. The summed E-state index contributed by atoms with van der Waals surface area (Å²) in [7, 11) is 1.94. The summed E-state index contributed by atoms with van der Waals surface area (Å²) in [4.78, 5) is 0. The fourth-order valence-electron chi connectivity index (χ4n) is 2.25. The van der Waals surface area contributed by atoms with Crippen LogP contribution < -0.4 is 5.32 Å². The van der Waals surface area contributed by atoms with Crippen LogP contribution in [-0.4, -0.2) is 7.05 Å². The second-order valence-electron chi connectivity index (χ2n) is 4.67. The Morgan fingerprint density at radius 3 is 2.42 bits per heavy atom. The second kappa shape index (κ2) is 6.31. The fraction of sp³-hybridized carbons (Fsp3) is 0.250. The molecule has 100 valence electrons. The maximum Gasteiger partial charge on any atom is 0.123 e. The molecule has 1 atom stereocenters. The van der Waals surface area contributed by atoms with Crippen LogP contribution in [0.3, 0.4) is 0 Å². The predicted molar refractivity (Wildman–Crippen MR) is 80.8 cm³/mol. The van der Waals surface area contributed by atoms with E-state index in [0.717, 1.165) is 22.0 Å². The number of aryl methyl sites for hydroxylation is 1. The zero-order valence-corrected chi connectivity index (χ0v) is 12.7. The number of hydrogen-bond donors (Lipinski definition) is 1. The summed E-state index contributed by atoms with van der Waals surface area (Å²) in [6.07, 6.45) is 0.885. The first kappa shape index (κ1) is 14.2. The fourth-order valence-corrected chi connectivity index (χ4v) is 2.52. The number of likely N-dealkylation sites (N-methyl/N-ethyl adjacent to an activating group) is 1. The second-order valence-corrected chi connectivity index (χ2v) is 5.59. The average Bonchev–Trinajstić information content (AvgIpc) is 2.39. The molecule has 2 rings (SSSR count). The molecule has 3 heteroatoms. The number of hydrogen-bond acceptors (Lipinski definition) is 1. The van der Waals surface area contributed by atoms with Crippen molar-refractivity contribution in [2.75, 3.05) is 7.05 Å². The van der Waals surface area contributed by atoms with E-state index in [4.69, 9.17) is 0 Å². The zero-order chi connectivity index (χ0) is 13.8. The van der Waals surface area contributed by atoms with Gasteiger partial charge in [0.25, 0.3) is 0 Å². The third kappa shape index (κ3) is 3.64. The van der Waals surface area contributed by atoms with Gasteiger partial charge in [-0.15, -0.1) is 0 Å². The van der Waals surface area contributed by atoms with Crippen LogP contribution in [0.25, 0.3) is 0 Å². The third-order valence-corrected chi connectivity index (χ3v) is 3.84. The molecule has 0 amide bonds. The van der Waals surface area contributed by atoms with Crippen molar-refractivity contribution in [2.24, 2.45) is 0 Å². The molecule has 0 radical (unpaired) electrons. The van der Waals surface area contributed by atoms with Crippen molar-refractivity contribution in [3.63, 3.8) is 0 Å². The lowest BCUT2D eigenvalue weighted by molar-refractivity contribution is 0.582. The van der Waals surface area contributed by atoms with E-state index in [9.17, 15) is 4.39 Å². The van der Waals surface area contributed by atoms with Crippen molar-refractivity contribution in [3.05, 3.63) is 69.4 Å². The van der Waals surface area contributed by atoms with E-state index >= 15 is 0 Å². The smallest absolute Gasteiger partial charge is 0.123 e. The summed E-state index contributed by atoms with van der Waals surface area (Å²) in [6.45, 7) is 1.95. The predicted octanol–water partition coefficient (Wildman–Crippen LogP) is 4.40. The number of halogens is 2. The molecular weight excluding hydrogens is 305 g/mol. The lowest BCUT2D eigenvalue weighted by Crippen LogP contribution is -2.19. The maximum absolute atomic E-state index is 13.2. The molecule has 1 unspecified atom stereocenters. The highest BCUT2D eigenvalue weighted by Gasteiger charge is 2.13. The largest absolute Gasteiger partial charge is 0.313 e. The molecule has 19 heavy (non-hydrogen) atoms. The van der Waals surface area contributed by atoms with Crippen molar-refractivity contribution in [1.29, 1.82) is 0 Å². The topological polar surface area (TPSA) is 12.0 Å². The Bertz CT molecular complexity index is 551. The highest BCUT2D eigenvalue weighted by atomic mass is 79.9. The Hall–Kier alpha value is -1.19. The Labute approximate surface area is 122 Å². The summed E-state index contributed by atoms with van der Waals surface area (Å²) in [5.41, 5.74) is 3.38. The van der Waals surface area contributed by atoms with Gasteiger partial charge in [0.1, 0.15) is 5.82 Å². The first-order chi connectivity index (χ1) is 9.10. The van der Waals surface area contributed by atoms with Gasteiger partial charge in [-0.1, -0.05) is 34.1 Å². The minimum Gasteiger partial charge on any atom is -0.313 e. The van der Waals surface area contributed by atoms with E-state index in [1.165, 1.54) is 11.6 Å². The molecule has 2 aromatic rings. The van der Waals surface area contributed by atoms with Crippen LogP contribution in [0.4, 0.5) is 4.39 Å².